The van der Waals surface area contributed by atoms with Gasteiger partial charge in [-0.1, -0.05) is 29.8 Å². The van der Waals surface area contributed by atoms with Crippen molar-refractivity contribution in [3.63, 3.8) is 0 Å². The molecule has 2 aromatic rings. The molecule has 4 nitrogen and oxygen atoms in total. The number of amides is 1. The molecule has 0 spiro atoms. The molecule has 0 saturated carbocycles. The fourth-order valence-electron chi connectivity index (χ4n) is 3.75. The highest BCUT2D eigenvalue weighted by molar-refractivity contribution is 6.04. The van der Waals surface area contributed by atoms with Gasteiger partial charge in [0.1, 0.15) is 5.82 Å². The number of aromatic nitrogens is 1. The number of fused-ring (bicyclic) bond motifs is 1. The fourth-order valence-corrected chi connectivity index (χ4v) is 3.75. The Hall–Kier alpha value is -2.62. The molecule has 25 heavy (non-hydrogen) atoms. The van der Waals surface area contributed by atoms with Crippen LogP contribution in [0.1, 0.15) is 28.8 Å². The predicted molar refractivity (Wildman–Crippen MR) is 101 cm³/mol. The number of allylic oxidation sites excluding steroid dienone is 2. The van der Waals surface area contributed by atoms with E-state index in [0.717, 1.165) is 36.4 Å². The molecular weight excluding hydrogens is 310 g/mol. The van der Waals surface area contributed by atoms with Crippen LogP contribution in [0.4, 0.5) is 11.5 Å². The summed E-state index contributed by atoms with van der Waals surface area (Å²) in [6.07, 6.45) is 8.64. The van der Waals surface area contributed by atoms with Crippen molar-refractivity contribution < 1.29 is 4.79 Å². The maximum absolute atomic E-state index is 12.4. The lowest BCUT2D eigenvalue weighted by molar-refractivity contribution is 0.102. The minimum Gasteiger partial charge on any atom is -0.356 e. The number of hydrogen-bond donors (Lipinski definition) is 1. The van der Waals surface area contributed by atoms with Crippen molar-refractivity contribution in [1.29, 1.82) is 0 Å². The first-order valence-electron chi connectivity index (χ1n) is 8.93. The van der Waals surface area contributed by atoms with Crippen LogP contribution in [0, 0.1) is 18.8 Å². The summed E-state index contributed by atoms with van der Waals surface area (Å²) in [6, 6.07) is 11.6. The monoisotopic (exact) mass is 333 g/mol. The zero-order chi connectivity index (χ0) is 17.2. The topological polar surface area (TPSA) is 45.2 Å². The third kappa shape index (κ3) is 3.43. The van der Waals surface area contributed by atoms with Gasteiger partial charge in [-0.05, 0) is 55.9 Å². The standard InChI is InChI=1S/C21H23N3O/c1-15-6-9-19(10-7-15)23-21(25)16-8-11-20(22-12-16)24-13-17-4-2-3-5-18(17)14-24/h2-3,6-12,17-18H,4-5,13-14H2,1H3,(H,23,25). The van der Waals surface area contributed by atoms with E-state index >= 15 is 0 Å². The summed E-state index contributed by atoms with van der Waals surface area (Å²) in [5, 5.41) is 2.91. The van der Waals surface area contributed by atoms with E-state index in [1.54, 1.807) is 6.20 Å². The Morgan fingerprint density at radius 1 is 1.04 bits per heavy atom. The Kier molecular flexibility index (Phi) is 4.26. The van der Waals surface area contributed by atoms with Gasteiger partial charge >= 0.3 is 0 Å². The van der Waals surface area contributed by atoms with E-state index in [2.05, 4.69) is 27.4 Å². The lowest BCUT2D eigenvalue weighted by atomic mass is 9.86. The van der Waals surface area contributed by atoms with Crippen LogP contribution in [0.15, 0.2) is 54.7 Å². The molecule has 2 atom stereocenters. The van der Waals surface area contributed by atoms with Gasteiger partial charge in [-0.2, -0.15) is 0 Å². The number of pyridine rings is 1. The van der Waals surface area contributed by atoms with E-state index in [-0.39, 0.29) is 5.91 Å². The summed E-state index contributed by atoms with van der Waals surface area (Å²) in [5.41, 5.74) is 2.56. The summed E-state index contributed by atoms with van der Waals surface area (Å²) in [6.45, 7) is 4.16. The van der Waals surface area contributed by atoms with Gasteiger partial charge in [0.05, 0.1) is 5.56 Å². The van der Waals surface area contributed by atoms with Crippen molar-refractivity contribution in [2.24, 2.45) is 11.8 Å². The van der Waals surface area contributed by atoms with E-state index in [1.165, 1.54) is 18.4 Å². The molecule has 1 N–H and O–H groups in total. The molecule has 4 rings (SSSR count). The fraction of sp³-hybridized carbons (Fsp3) is 0.333. The van der Waals surface area contributed by atoms with Crippen LogP contribution in [0.5, 0.6) is 0 Å². The molecule has 1 saturated heterocycles. The average Bonchev–Trinajstić information content (AvgIpc) is 3.08. The molecule has 4 heteroatoms. The third-order valence-corrected chi connectivity index (χ3v) is 5.26. The van der Waals surface area contributed by atoms with Crippen molar-refractivity contribution in [1.82, 2.24) is 4.98 Å². The summed E-state index contributed by atoms with van der Waals surface area (Å²) >= 11 is 0. The molecule has 1 aromatic heterocycles. The number of nitrogens with zero attached hydrogens (tertiary/aromatic N) is 2. The second-order valence-corrected chi connectivity index (χ2v) is 7.09. The van der Waals surface area contributed by atoms with E-state index < -0.39 is 0 Å². The van der Waals surface area contributed by atoms with Crippen LogP contribution in [0.3, 0.4) is 0 Å². The highest BCUT2D eigenvalue weighted by Gasteiger charge is 2.33. The molecule has 2 unspecified atom stereocenters. The van der Waals surface area contributed by atoms with Gasteiger partial charge in [0.25, 0.3) is 5.91 Å². The van der Waals surface area contributed by atoms with Crippen molar-refractivity contribution in [3.8, 4) is 0 Å². The van der Waals surface area contributed by atoms with Gasteiger partial charge in [0, 0.05) is 25.0 Å². The number of nitrogens with one attached hydrogen (secondary N) is 1. The molecule has 0 bridgehead atoms. The molecule has 1 aromatic carbocycles. The van der Waals surface area contributed by atoms with Crippen LogP contribution >= 0.6 is 0 Å². The average molecular weight is 333 g/mol. The van der Waals surface area contributed by atoms with Gasteiger partial charge in [-0.3, -0.25) is 4.79 Å². The minimum atomic E-state index is -0.123. The van der Waals surface area contributed by atoms with Gasteiger partial charge in [0.2, 0.25) is 0 Å². The van der Waals surface area contributed by atoms with Gasteiger partial charge in [0.15, 0.2) is 0 Å². The molecular formula is C21H23N3O. The number of carbonyl (C=O) groups is 1. The summed E-state index contributed by atoms with van der Waals surface area (Å²) in [5.74, 6) is 2.34. The van der Waals surface area contributed by atoms with Crippen LogP contribution in [0.25, 0.3) is 0 Å². The maximum Gasteiger partial charge on any atom is 0.257 e. The van der Waals surface area contributed by atoms with Crippen LogP contribution in [-0.4, -0.2) is 24.0 Å². The minimum absolute atomic E-state index is 0.123. The number of anilines is 2. The Bertz CT molecular complexity index is 764. The molecule has 1 amide bonds. The Morgan fingerprint density at radius 2 is 1.72 bits per heavy atom. The Balaban J connectivity index is 1.41. The number of carbonyl (C=O) groups excluding carboxylic acids is 1. The first kappa shape index (κ1) is 15.9. The number of rotatable bonds is 3. The molecule has 2 heterocycles. The van der Waals surface area contributed by atoms with Crippen molar-refractivity contribution >= 4 is 17.4 Å². The normalized spacial score (nSPS) is 21.9. The first-order valence-corrected chi connectivity index (χ1v) is 8.93. The molecule has 128 valence electrons. The summed E-state index contributed by atoms with van der Waals surface area (Å²) in [4.78, 5) is 19.3. The lowest BCUT2D eigenvalue weighted by Crippen LogP contribution is -2.21. The van der Waals surface area contributed by atoms with Crippen molar-refractivity contribution in [3.05, 3.63) is 65.9 Å². The molecule has 1 fully saturated rings. The second kappa shape index (κ2) is 6.71. The van der Waals surface area contributed by atoms with Gasteiger partial charge < -0.3 is 10.2 Å². The SMILES string of the molecule is Cc1ccc(NC(=O)c2ccc(N3CC4CC=CCC4C3)nc2)cc1. The zero-order valence-corrected chi connectivity index (χ0v) is 14.5. The highest BCUT2D eigenvalue weighted by atomic mass is 16.1. The largest absolute Gasteiger partial charge is 0.356 e. The zero-order valence-electron chi connectivity index (χ0n) is 14.5. The molecule has 2 aliphatic rings. The van der Waals surface area contributed by atoms with Crippen LogP contribution in [0.2, 0.25) is 0 Å². The quantitative estimate of drug-likeness (QED) is 0.862. The third-order valence-electron chi connectivity index (χ3n) is 5.26. The van der Waals surface area contributed by atoms with Gasteiger partial charge in [-0.25, -0.2) is 4.98 Å². The Labute approximate surface area is 148 Å². The van der Waals surface area contributed by atoms with Gasteiger partial charge in [-0.15, -0.1) is 0 Å². The number of benzene rings is 1. The van der Waals surface area contributed by atoms with Crippen molar-refractivity contribution in [2.45, 2.75) is 19.8 Å². The molecule has 1 aliphatic carbocycles. The lowest BCUT2D eigenvalue weighted by Gasteiger charge is -2.17. The first-order chi connectivity index (χ1) is 12.2. The molecule has 1 aliphatic heterocycles. The van der Waals surface area contributed by atoms with E-state index in [0.29, 0.717) is 5.56 Å². The number of aryl methyl sites for hydroxylation is 1. The van der Waals surface area contributed by atoms with E-state index in [4.69, 9.17) is 0 Å². The van der Waals surface area contributed by atoms with E-state index in [9.17, 15) is 4.79 Å². The summed E-state index contributed by atoms with van der Waals surface area (Å²) < 4.78 is 0. The van der Waals surface area contributed by atoms with E-state index in [1.807, 2.05) is 43.3 Å². The predicted octanol–water partition coefficient (Wildman–Crippen LogP) is 4.04. The highest BCUT2D eigenvalue weighted by Crippen LogP contribution is 2.34. The maximum atomic E-state index is 12.4. The number of hydrogen-bond acceptors (Lipinski definition) is 3. The Morgan fingerprint density at radius 3 is 2.32 bits per heavy atom. The van der Waals surface area contributed by atoms with Crippen molar-refractivity contribution in [2.75, 3.05) is 23.3 Å². The smallest absolute Gasteiger partial charge is 0.257 e. The van der Waals surface area contributed by atoms with Crippen LogP contribution in [-0.2, 0) is 0 Å². The molecule has 0 radical (unpaired) electrons. The van der Waals surface area contributed by atoms with Crippen LogP contribution < -0.4 is 10.2 Å². The summed E-state index contributed by atoms with van der Waals surface area (Å²) in [7, 11) is 0. The second-order valence-electron chi connectivity index (χ2n) is 7.09.